The van der Waals surface area contributed by atoms with Crippen molar-refractivity contribution in [1.29, 1.82) is 0 Å². The van der Waals surface area contributed by atoms with Crippen LogP contribution in [0.4, 0.5) is 0 Å². The van der Waals surface area contributed by atoms with Gasteiger partial charge in [-0.3, -0.25) is 14.4 Å². The Morgan fingerprint density at radius 1 is 1.27 bits per heavy atom. The fourth-order valence-corrected chi connectivity index (χ4v) is 8.67. The minimum Gasteiger partial charge on any atom is -0.463 e. The van der Waals surface area contributed by atoms with E-state index < -0.39 is 65.8 Å². The molecule has 0 bridgehead atoms. The van der Waals surface area contributed by atoms with E-state index in [2.05, 4.69) is 15.5 Å². The number of thiophene rings is 1. The predicted molar refractivity (Wildman–Crippen MR) is 142 cm³/mol. The lowest BCUT2D eigenvalue weighted by atomic mass is 10.1. The van der Waals surface area contributed by atoms with Gasteiger partial charge in [0.1, 0.15) is 21.1 Å². The van der Waals surface area contributed by atoms with E-state index in [0.717, 1.165) is 6.92 Å². The summed E-state index contributed by atoms with van der Waals surface area (Å²) in [5.41, 5.74) is 0.251. The number of methoxy groups -OCH3 is 1. The zero-order valence-electron chi connectivity index (χ0n) is 22.6. The van der Waals surface area contributed by atoms with Crippen LogP contribution in [0.5, 0.6) is 0 Å². The summed E-state index contributed by atoms with van der Waals surface area (Å²) in [5.74, 6) is -2.83. The topological polar surface area (TPSA) is 230 Å². The van der Waals surface area contributed by atoms with Gasteiger partial charge in [0, 0.05) is 51.8 Å². The van der Waals surface area contributed by atoms with Crippen LogP contribution in [-0.2, 0) is 48.7 Å². The maximum Gasteiger partial charge on any atom is 0.305 e. The minimum absolute atomic E-state index is 0.0607. The summed E-state index contributed by atoms with van der Waals surface area (Å²) in [6.07, 6.45) is 0.0678. The molecule has 1 aromatic heterocycles. The van der Waals surface area contributed by atoms with Crippen LogP contribution in [0.1, 0.15) is 44.7 Å². The van der Waals surface area contributed by atoms with Gasteiger partial charge in [-0.2, -0.15) is 4.31 Å². The van der Waals surface area contributed by atoms with Crippen LogP contribution in [-0.4, -0.2) is 96.6 Å². The lowest BCUT2D eigenvalue weighted by molar-refractivity contribution is -0.757. The first-order valence-electron chi connectivity index (χ1n) is 12.4. The Morgan fingerprint density at radius 2 is 1.98 bits per heavy atom. The van der Waals surface area contributed by atoms with Crippen LogP contribution < -0.4 is 15.4 Å². The lowest BCUT2D eigenvalue weighted by Crippen LogP contribution is -2.50. The van der Waals surface area contributed by atoms with E-state index in [4.69, 9.17) is 9.47 Å². The van der Waals surface area contributed by atoms with Crippen LogP contribution in [0, 0.1) is 10.1 Å². The number of hydrogen-bond acceptors (Lipinski definition) is 14. The molecule has 20 heteroatoms. The average molecular weight is 644 g/mol. The highest BCUT2D eigenvalue weighted by molar-refractivity contribution is 7.94. The summed E-state index contributed by atoms with van der Waals surface area (Å²) in [6.45, 7) is 2.82. The number of nitrogens with zero attached hydrogens (tertiary/aromatic N) is 2. The Morgan fingerprint density at radius 3 is 2.59 bits per heavy atom. The van der Waals surface area contributed by atoms with Gasteiger partial charge in [-0.15, -0.1) is 21.5 Å². The van der Waals surface area contributed by atoms with E-state index in [0.29, 0.717) is 30.9 Å². The van der Waals surface area contributed by atoms with E-state index in [1.54, 1.807) is 4.72 Å². The van der Waals surface area contributed by atoms with Crippen LogP contribution in [0.15, 0.2) is 14.5 Å². The third-order valence-corrected chi connectivity index (χ3v) is 10.9. The quantitative estimate of drug-likeness (QED) is 0.0825. The van der Waals surface area contributed by atoms with Gasteiger partial charge < -0.3 is 24.9 Å². The molecule has 0 spiro atoms. The molecule has 2 amide bonds. The molecular formula is C21H33N5O12S3. The number of nitrogens with one attached hydrogen (secondary N) is 3. The van der Waals surface area contributed by atoms with Crippen molar-refractivity contribution in [2.24, 2.45) is 0 Å². The highest BCUT2D eigenvalue weighted by atomic mass is 32.3. The molecule has 1 unspecified atom stereocenters. The number of carbonyl (C=O) groups excluding carboxylic acids is 3. The second-order valence-electron chi connectivity index (χ2n) is 8.69. The first-order valence-corrected chi connectivity index (χ1v) is 16.1. The number of likely N-dealkylation sites (N-methyl/N-ethyl adjacent to an activating group) is 1. The van der Waals surface area contributed by atoms with Crippen molar-refractivity contribution in [2.75, 3.05) is 46.6 Å². The highest BCUT2D eigenvalue weighted by Crippen LogP contribution is 2.40. The Kier molecular flexibility index (Phi) is 12.8. The second kappa shape index (κ2) is 15.4. The number of fused-ring (bicyclic) bond motifs is 1. The number of ether oxygens (including phenoxy) is 2. The number of esters is 1. The van der Waals surface area contributed by atoms with Gasteiger partial charge in [0.15, 0.2) is 0 Å². The maximum atomic E-state index is 13.3. The first-order chi connectivity index (χ1) is 19.2. The fourth-order valence-electron chi connectivity index (χ4n) is 3.76. The molecule has 2 rings (SSSR count). The lowest BCUT2D eigenvalue weighted by Gasteiger charge is -2.32. The van der Waals surface area contributed by atoms with Crippen LogP contribution >= 0.6 is 11.3 Å². The predicted octanol–water partition coefficient (Wildman–Crippen LogP) is -0.719. The van der Waals surface area contributed by atoms with Gasteiger partial charge in [-0.1, -0.05) is 6.92 Å². The number of rotatable bonds is 17. The summed E-state index contributed by atoms with van der Waals surface area (Å²) in [4.78, 5) is 50.5. The molecule has 2 atom stereocenters. The van der Waals surface area contributed by atoms with E-state index in [-0.39, 0.29) is 42.3 Å². The van der Waals surface area contributed by atoms with Crippen LogP contribution in [0.25, 0.3) is 0 Å². The molecule has 0 radical (unpaired) electrons. The van der Waals surface area contributed by atoms with Crippen molar-refractivity contribution in [3.63, 3.8) is 0 Å². The Bertz CT molecular complexity index is 1320. The number of sulfonamides is 2. The molecular weight excluding hydrogens is 610 g/mol. The fraction of sp³-hybridized carbons (Fsp3) is 0.667. The number of hydrogen-bond donors (Lipinski definition) is 3. The van der Waals surface area contributed by atoms with Crippen molar-refractivity contribution in [3.05, 3.63) is 21.7 Å². The van der Waals surface area contributed by atoms with Gasteiger partial charge in [0.25, 0.3) is 31.0 Å². The standard InChI is InChI=1S/C21H33N5O12S3/c1-4-22-16-12-25(8-6-9-36-3)41(34,35)21-15(16)11-19(39-21)40(32,33)24-20(29)17(23-14(2)27)13-37-18(28)7-5-10-38-26(30)31/h11,16-17,22H,4-10,12-13H2,1-3H3,(H,23,27)(H,24,29)/t16-,17?/m0/s1. The Labute approximate surface area is 241 Å². The van der Waals surface area contributed by atoms with Gasteiger partial charge in [-0.25, -0.2) is 21.6 Å². The molecule has 3 N–H and O–H groups in total. The largest absolute Gasteiger partial charge is 0.463 e. The van der Waals surface area contributed by atoms with E-state index >= 15 is 0 Å². The molecule has 0 saturated carbocycles. The molecule has 232 valence electrons. The molecule has 1 aromatic rings. The van der Waals surface area contributed by atoms with Gasteiger partial charge in [0.2, 0.25) is 5.91 Å². The van der Waals surface area contributed by atoms with Crippen molar-refractivity contribution in [3.8, 4) is 0 Å². The third-order valence-electron chi connectivity index (χ3n) is 5.57. The van der Waals surface area contributed by atoms with Gasteiger partial charge >= 0.3 is 5.97 Å². The average Bonchev–Trinajstić information content (AvgIpc) is 3.35. The number of carbonyl (C=O) groups is 3. The maximum absolute atomic E-state index is 13.3. The molecule has 0 saturated heterocycles. The van der Waals surface area contributed by atoms with E-state index in [1.807, 2.05) is 6.92 Å². The second-order valence-corrected chi connectivity index (χ2v) is 13.8. The summed E-state index contributed by atoms with van der Waals surface area (Å²) in [6, 6.07) is -0.919. The normalized spacial score (nSPS) is 17.2. The summed E-state index contributed by atoms with van der Waals surface area (Å²) < 4.78 is 65.1. The minimum atomic E-state index is -4.61. The summed E-state index contributed by atoms with van der Waals surface area (Å²) >= 11 is 0.485. The molecule has 17 nitrogen and oxygen atoms in total. The zero-order valence-corrected chi connectivity index (χ0v) is 25.1. The molecule has 0 fully saturated rings. The molecule has 1 aliphatic heterocycles. The highest BCUT2D eigenvalue weighted by Gasteiger charge is 2.40. The molecule has 0 aromatic carbocycles. The van der Waals surface area contributed by atoms with Gasteiger partial charge in [-0.05, 0) is 25.5 Å². The number of amides is 2. The van der Waals surface area contributed by atoms with Gasteiger partial charge in [0.05, 0.1) is 6.61 Å². The van der Waals surface area contributed by atoms with Crippen molar-refractivity contribution < 1.29 is 50.6 Å². The third kappa shape index (κ3) is 9.85. The monoisotopic (exact) mass is 643 g/mol. The molecule has 2 heterocycles. The van der Waals surface area contributed by atoms with E-state index in [1.165, 1.54) is 17.5 Å². The molecule has 1 aliphatic rings. The Hall–Kier alpha value is -2.91. The summed E-state index contributed by atoms with van der Waals surface area (Å²) in [7, 11) is -7.15. The summed E-state index contributed by atoms with van der Waals surface area (Å²) in [5, 5.41) is 14.4. The van der Waals surface area contributed by atoms with Crippen molar-refractivity contribution >= 4 is 49.2 Å². The Balaban J connectivity index is 2.20. The van der Waals surface area contributed by atoms with Crippen LogP contribution in [0.2, 0.25) is 0 Å². The van der Waals surface area contributed by atoms with E-state index in [9.17, 15) is 41.3 Å². The first kappa shape index (κ1) is 34.3. The molecule has 41 heavy (non-hydrogen) atoms. The van der Waals surface area contributed by atoms with Crippen LogP contribution in [0.3, 0.4) is 0 Å². The zero-order chi connectivity index (χ0) is 30.8. The molecule has 0 aliphatic carbocycles. The van der Waals surface area contributed by atoms with Crippen molar-refractivity contribution in [2.45, 2.75) is 53.6 Å². The smallest absolute Gasteiger partial charge is 0.305 e. The SMILES string of the molecule is CCN[C@H]1CN(CCCOC)S(=O)(=O)c2sc(S(=O)(=O)NC(=O)C(COC(=O)CCCO[N+](=O)[O-])NC(C)=O)cc21. The van der Waals surface area contributed by atoms with Crippen molar-refractivity contribution in [1.82, 2.24) is 19.7 Å².